The van der Waals surface area contributed by atoms with Crippen molar-refractivity contribution in [2.24, 2.45) is 0 Å². The predicted molar refractivity (Wildman–Crippen MR) is 82.9 cm³/mol. The summed E-state index contributed by atoms with van der Waals surface area (Å²) in [7, 11) is -1.77. The Morgan fingerprint density at radius 3 is 2.19 bits per heavy atom. The summed E-state index contributed by atoms with van der Waals surface area (Å²) in [6.07, 6.45) is 0.684. The summed E-state index contributed by atoms with van der Waals surface area (Å²) in [5.41, 5.74) is 2.13. The molecule has 1 N–H and O–H groups in total. The van der Waals surface area contributed by atoms with Crippen LogP contribution in [-0.2, 0) is 16.6 Å². The van der Waals surface area contributed by atoms with Crippen molar-refractivity contribution in [1.82, 2.24) is 9.03 Å². The van der Waals surface area contributed by atoms with Gasteiger partial charge in [0.05, 0.1) is 12.1 Å². The zero-order valence-electron chi connectivity index (χ0n) is 11.8. The molecule has 0 unspecified atom stereocenters. The average Bonchev–Trinajstić information content (AvgIpc) is 2.73. The van der Waals surface area contributed by atoms with Crippen LogP contribution < -0.4 is 4.72 Å². The normalized spacial score (nSPS) is 25.0. The Bertz CT molecular complexity index is 702. The molecule has 0 bridgehead atoms. The summed E-state index contributed by atoms with van der Waals surface area (Å²) < 4.78 is 28.5. The molecule has 0 aromatic heterocycles. The number of hydrogen-bond donors (Lipinski definition) is 1. The molecule has 21 heavy (non-hydrogen) atoms. The first-order valence-electron chi connectivity index (χ1n) is 6.92. The van der Waals surface area contributed by atoms with Crippen molar-refractivity contribution in [2.75, 3.05) is 7.05 Å². The quantitative estimate of drug-likeness (QED) is 0.944. The highest BCUT2D eigenvalue weighted by atomic mass is 32.2. The monoisotopic (exact) mass is 302 g/mol. The first-order chi connectivity index (χ1) is 10.1. The van der Waals surface area contributed by atoms with Crippen LogP contribution in [0.15, 0.2) is 60.7 Å². The topological polar surface area (TPSA) is 49.4 Å². The van der Waals surface area contributed by atoms with Gasteiger partial charge in [-0.05, 0) is 17.5 Å². The molecule has 1 saturated heterocycles. The van der Waals surface area contributed by atoms with E-state index in [1.165, 1.54) is 4.31 Å². The SMILES string of the molecule is CN1[C@H](Cc2ccccc2)[C@@H](c2ccccc2)NS1(=O)=O. The molecule has 1 aliphatic rings. The highest BCUT2D eigenvalue weighted by Crippen LogP contribution is 2.31. The molecule has 4 nitrogen and oxygen atoms in total. The molecule has 1 aliphatic heterocycles. The smallest absolute Gasteiger partial charge is 0.195 e. The molecular weight excluding hydrogens is 284 g/mol. The summed E-state index contributed by atoms with van der Waals surface area (Å²) >= 11 is 0. The van der Waals surface area contributed by atoms with Crippen LogP contribution in [0, 0.1) is 0 Å². The van der Waals surface area contributed by atoms with Crippen LogP contribution in [0.2, 0.25) is 0 Å². The molecule has 0 aliphatic carbocycles. The van der Waals surface area contributed by atoms with E-state index in [-0.39, 0.29) is 12.1 Å². The first kappa shape index (κ1) is 14.3. The van der Waals surface area contributed by atoms with Gasteiger partial charge in [0.2, 0.25) is 0 Å². The molecule has 3 rings (SSSR count). The second-order valence-corrected chi connectivity index (χ2v) is 7.05. The third-order valence-electron chi connectivity index (χ3n) is 3.95. The van der Waals surface area contributed by atoms with Crippen molar-refractivity contribution in [3.8, 4) is 0 Å². The molecule has 2 aromatic rings. The zero-order valence-corrected chi connectivity index (χ0v) is 12.6. The van der Waals surface area contributed by atoms with Gasteiger partial charge >= 0.3 is 0 Å². The van der Waals surface area contributed by atoms with E-state index in [0.29, 0.717) is 6.42 Å². The second-order valence-electron chi connectivity index (χ2n) is 5.28. The van der Waals surface area contributed by atoms with Crippen LogP contribution in [0.25, 0.3) is 0 Å². The fourth-order valence-electron chi connectivity index (χ4n) is 2.76. The lowest BCUT2D eigenvalue weighted by molar-refractivity contribution is 0.359. The lowest BCUT2D eigenvalue weighted by Gasteiger charge is -2.22. The largest absolute Gasteiger partial charge is 0.280 e. The molecule has 0 radical (unpaired) electrons. The number of likely N-dealkylation sites (N-methyl/N-ethyl adjacent to an activating group) is 1. The zero-order chi connectivity index (χ0) is 14.9. The minimum absolute atomic E-state index is 0.125. The van der Waals surface area contributed by atoms with Crippen molar-refractivity contribution in [2.45, 2.75) is 18.5 Å². The molecular formula is C16H18N2O2S. The van der Waals surface area contributed by atoms with Crippen LogP contribution in [0.4, 0.5) is 0 Å². The number of hydrogen-bond acceptors (Lipinski definition) is 2. The molecule has 1 fully saturated rings. The van der Waals surface area contributed by atoms with E-state index >= 15 is 0 Å². The van der Waals surface area contributed by atoms with E-state index < -0.39 is 10.2 Å². The van der Waals surface area contributed by atoms with E-state index in [1.54, 1.807) is 7.05 Å². The van der Waals surface area contributed by atoms with Crippen LogP contribution in [0.3, 0.4) is 0 Å². The van der Waals surface area contributed by atoms with Crippen molar-refractivity contribution < 1.29 is 8.42 Å². The van der Waals surface area contributed by atoms with Crippen molar-refractivity contribution >= 4 is 10.2 Å². The standard InChI is InChI=1S/C16H18N2O2S/c1-18-15(12-13-8-4-2-5-9-13)16(17-21(18,19)20)14-10-6-3-7-11-14/h2-11,15-17H,12H2,1H3/t15-,16-/m1/s1. The minimum atomic E-state index is -3.41. The van der Waals surface area contributed by atoms with E-state index in [4.69, 9.17) is 0 Å². The van der Waals surface area contributed by atoms with Gasteiger partial charge in [-0.3, -0.25) is 0 Å². The van der Waals surface area contributed by atoms with Crippen LogP contribution >= 0.6 is 0 Å². The molecule has 0 saturated carbocycles. The van der Waals surface area contributed by atoms with Crippen LogP contribution in [0.5, 0.6) is 0 Å². The Morgan fingerprint density at radius 1 is 1.00 bits per heavy atom. The van der Waals surface area contributed by atoms with Crippen molar-refractivity contribution in [3.63, 3.8) is 0 Å². The lowest BCUT2D eigenvalue weighted by atomic mass is 9.95. The summed E-state index contributed by atoms with van der Waals surface area (Å²) in [6.45, 7) is 0. The maximum atomic E-state index is 12.2. The molecule has 0 spiro atoms. The van der Waals surface area contributed by atoms with Crippen molar-refractivity contribution in [1.29, 1.82) is 0 Å². The van der Waals surface area contributed by atoms with Crippen LogP contribution in [-0.4, -0.2) is 25.8 Å². The Morgan fingerprint density at radius 2 is 1.57 bits per heavy atom. The Labute approximate surface area is 125 Å². The Hall–Kier alpha value is -1.69. The Balaban J connectivity index is 1.94. The summed E-state index contributed by atoms with van der Waals surface area (Å²) in [5.74, 6) is 0. The van der Waals surface area contributed by atoms with Gasteiger partial charge in [-0.2, -0.15) is 17.4 Å². The molecule has 0 amide bonds. The summed E-state index contributed by atoms with van der Waals surface area (Å²) in [4.78, 5) is 0. The van der Waals surface area contributed by atoms with E-state index in [2.05, 4.69) is 4.72 Å². The van der Waals surface area contributed by atoms with Crippen molar-refractivity contribution in [3.05, 3.63) is 71.8 Å². The van der Waals surface area contributed by atoms with Gasteiger partial charge in [0.15, 0.2) is 0 Å². The number of nitrogens with zero attached hydrogens (tertiary/aromatic N) is 1. The maximum absolute atomic E-state index is 12.2. The van der Waals surface area contributed by atoms with Gasteiger partial charge in [-0.25, -0.2) is 0 Å². The highest BCUT2D eigenvalue weighted by molar-refractivity contribution is 7.87. The molecule has 2 aromatic carbocycles. The van der Waals surface area contributed by atoms with Gasteiger partial charge in [0.1, 0.15) is 0 Å². The lowest BCUT2D eigenvalue weighted by Crippen LogP contribution is -2.32. The minimum Gasteiger partial charge on any atom is -0.195 e. The third kappa shape index (κ3) is 2.85. The molecule has 5 heteroatoms. The number of rotatable bonds is 3. The van der Waals surface area contributed by atoms with E-state index in [9.17, 15) is 8.42 Å². The first-order valence-corrected chi connectivity index (χ1v) is 8.36. The molecule has 110 valence electrons. The number of benzene rings is 2. The van der Waals surface area contributed by atoms with Gasteiger partial charge < -0.3 is 0 Å². The van der Waals surface area contributed by atoms with Gasteiger partial charge in [-0.1, -0.05) is 60.7 Å². The van der Waals surface area contributed by atoms with Gasteiger partial charge in [0.25, 0.3) is 10.2 Å². The highest BCUT2D eigenvalue weighted by Gasteiger charge is 2.42. The van der Waals surface area contributed by atoms with E-state index in [1.807, 2.05) is 60.7 Å². The van der Waals surface area contributed by atoms with Gasteiger partial charge in [-0.15, -0.1) is 0 Å². The van der Waals surface area contributed by atoms with Crippen LogP contribution in [0.1, 0.15) is 17.2 Å². The fraction of sp³-hybridized carbons (Fsp3) is 0.250. The predicted octanol–water partition coefficient (Wildman–Crippen LogP) is 2.12. The molecule has 2 atom stereocenters. The summed E-state index contributed by atoms with van der Waals surface area (Å²) in [5, 5.41) is 0. The Kier molecular flexibility index (Phi) is 3.80. The average molecular weight is 302 g/mol. The summed E-state index contributed by atoms with van der Waals surface area (Å²) in [6, 6.07) is 19.3. The van der Waals surface area contributed by atoms with E-state index in [0.717, 1.165) is 11.1 Å². The third-order valence-corrected chi connectivity index (χ3v) is 5.53. The second kappa shape index (κ2) is 5.60. The number of nitrogens with one attached hydrogen (secondary N) is 1. The fourth-order valence-corrected chi connectivity index (χ4v) is 4.10. The maximum Gasteiger partial charge on any atom is 0.280 e. The molecule has 1 heterocycles. The van der Waals surface area contributed by atoms with Gasteiger partial charge in [0, 0.05) is 7.05 Å².